The Kier molecular flexibility index (Phi) is 43.6. The first-order valence-corrected chi connectivity index (χ1v) is 6.38. The second-order valence-corrected chi connectivity index (χ2v) is 4.27. The van der Waals surface area contributed by atoms with E-state index in [2.05, 4.69) is 62.5 Å². The van der Waals surface area contributed by atoms with Crippen LogP contribution in [0.2, 0.25) is 0 Å². The van der Waals surface area contributed by atoms with Gasteiger partial charge in [0.25, 0.3) is 0 Å². The van der Waals surface area contributed by atoms with Gasteiger partial charge in [-0.3, -0.25) is 13.6 Å². The van der Waals surface area contributed by atoms with Crippen LogP contribution in [0.15, 0.2) is 0 Å². The molecule has 0 aliphatic carbocycles. The van der Waals surface area contributed by atoms with Gasteiger partial charge in [-0.1, -0.05) is 27.7 Å². The third kappa shape index (κ3) is 45.1. The van der Waals surface area contributed by atoms with E-state index in [0.29, 0.717) is 12.1 Å². The summed E-state index contributed by atoms with van der Waals surface area (Å²) in [7, 11) is 3.58. The van der Waals surface area contributed by atoms with Crippen molar-refractivity contribution in [2.24, 2.45) is 0 Å². The zero-order valence-corrected chi connectivity index (χ0v) is 16.2. The molecule has 126 valence electrons. The van der Waals surface area contributed by atoms with E-state index in [9.17, 15) is 0 Å². The van der Waals surface area contributed by atoms with E-state index >= 15 is 0 Å². The molecule has 0 fully saturated rings. The fourth-order valence-corrected chi connectivity index (χ4v) is 0.996. The van der Waals surface area contributed by atoms with E-state index in [1.807, 2.05) is 13.8 Å². The number of hydrogen-bond donors (Lipinski definition) is 0. The monoisotopic (exact) mass is 388 g/mol. The van der Waals surface area contributed by atoms with E-state index in [4.69, 9.17) is 9.59 Å². The zero-order chi connectivity index (χ0) is 17.1. The van der Waals surface area contributed by atoms with Crippen LogP contribution in [0.5, 0.6) is 0 Å². The topological polar surface area (TPSA) is 90.5 Å². The molecule has 0 bridgehead atoms. The average molecular weight is 387 g/mol. The summed E-state index contributed by atoms with van der Waals surface area (Å²) in [5.74, 6) is 0. The Labute approximate surface area is 144 Å². The van der Waals surface area contributed by atoms with Gasteiger partial charge in [0.1, 0.15) is 0 Å². The molecule has 0 N–H and O–H groups in total. The SMILES string of the molecule is C[N-]C(C)[N-]C(C)C.C[N-]C(C)[N-]C(C)C.[CH-]=O.[CH-]=O.[Ru+6]. The van der Waals surface area contributed by atoms with Crippen LogP contribution < -0.4 is 0 Å². The first kappa shape index (κ1) is 32.7. The standard InChI is InChI=1S/2C6H14N2.2CHO.Ru/c2*1-5(2)8-6(3)7-4;2*1-2;/h2*5-6H,1-4H3;2*1H;/q2*-2;2*-1;+6. The molecule has 0 amide bonds. The Morgan fingerprint density at radius 1 is 0.619 bits per heavy atom. The molecule has 0 rings (SSSR count). The van der Waals surface area contributed by atoms with Crippen molar-refractivity contribution >= 4 is 13.6 Å². The van der Waals surface area contributed by atoms with Crippen LogP contribution in [-0.4, -0.2) is 52.1 Å². The Morgan fingerprint density at radius 2 is 0.810 bits per heavy atom. The van der Waals surface area contributed by atoms with E-state index in [1.54, 1.807) is 14.1 Å². The molecule has 0 radical (unpaired) electrons. The molecule has 0 aromatic rings. The van der Waals surface area contributed by atoms with Gasteiger partial charge in [0.2, 0.25) is 0 Å². The van der Waals surface area contributed by atoms with Crippen LogP contribution in [-0.2, 0) is 29.1 Å². The zero-order valence-electron chi connectivity index (χ0n) is 14.4. The summed E-state index contributed by atoms with van der Waals surface area (Å²) < 4.78 is 0. The fraction of sp³-hybridized carbons (Fsp3) is 0.857. The summed E-state index contributed by atoms with van der Waals surface area (Å²) in [5, 5.41) is 16.4. The van der Waals surface area contributed by atoms with E-state index in [1.165, 1.54) is 0 Å². The molecule has 2 atom stereocenters. The van der Waals surface area contributed by atoms with Gasteiger partial charge in [-0.15, -0.1) is 25.9 Å². The predicted molar refractivity (Wildman–Crippen MR) is 88.0 cm³/mol. The van der Waals surface area contributed by atoms with Gasteiger partial charge in [-0.2, -0.15) is 14.1 Å². The maximum Gasteiger partial charge on any atom is 6.00 e. The Morgan fingerprint density at radius 3 is 0.857 bits per heavy atom. The van der Waals surface area contributed by atoms with Gasteiger partial charge in [0.05, 0.1) is 0 Å². The first-order chi connectivity index (χ1) is 9.33. The van der Waals surface area contributed by atoms with Crippen LogP contribution in [0.4, 0.5) is 0 Å². The number of nitrogens with zero attached hydrogens (tertiary/aromatic N) is 4. The quantitative estimate of drug-likeness (QED) is 0.395. The molecule has 0 saturated carbocycles. The van der Waals surface area contributed by atoms with E-state index in [-0.39, 0.29) is 31.8 Å². The van der Waals surface area contributed by atoms with Crippen LogP contribution in [0.1, 0.15) is 41.5 Å². The fourth-order valence-electron chi connectivity index (χ4n) is 0.996. The minimum atomic E-state index is 0. The van der Waals surface area contributed by atoms with Gasteiger partial charge < -0.3 is 30.9 Å². The summed E-state index contributed by atoms with van der Waals surface area (Å²) in [6.45, 7) is 18.7. The molecule has 7 heteroatoms. The van der Waals surface area contributed by atoms with Crippen molar-refractivity contribution in [3.8, 4) is 0 Å². The largest absolute Gasteiger partial charge is 6.00 e. The summed E-state index contributed by atoms with van der Waals surface area (Å²) in [5.41, 5.74) is 0. The molecule has 0 aliphatic rings. The van der Waals surface area contributed by atoms with Gasteiger partial charge in [-0.05, 0) is 0 Å². The molecule has 21 heavy (non-hydrogen) atoms. The number of rotatable bonds is 6. The van der Waals surface area contributed by atoms with Crippen LogP contribution in [0, 0.1) is 0 Å². The summed E-state index contributed by atoms with van der Waals surface area (Å²) in [4.78, 5) is 15.5. The van der Waals surface area contributed by atoms with Crippen LogP contribution in [0.25, 0.3) is 21.3 Å². The molecule has 6 nitrogen and oxygen atoms in total. The van der Waals surface area contributed by atoms with E-state index < -0.39 is 0 Å². The Balaban J connectivity index is -0.0000000630. The molecule has 0 spiro atoms. The second kappa shape index (κ2) is 28.0. The van der Waals surface area contributed by atoms with E-state index in [0.717, 1.165) is 0 Å². The van der Waals surface area contributed by atoms with Crippen molar-refractivity contribution in [1.29, 1.82) is 0 Å². The minimum Gasteiger partial charge on any atom is -0.681 e. The third-order valence-corrected chi connectivity index (χ3v) is 1.78. The van der Waals surface area contributed by atoms with Crippen molar-refractivity contribution in [2.75, 3.05) is 14.1 Å². The number of carbonyl (C=O) groups excluding carboxylic acids is 2. The summed E-state index contributed by atoms with van der Waals surface area (Å²) in [6, 6.07) is 0.822. The molecule has 2 unspecified atom stereocenters. The van der Waals surface area contributed by atoms with Crippen LogP contribution in [0.3, 0.4) is 0 Å². The average Bonchev–Trinajstić information content (AvgIpc) is 2.42. The Hall–Kier alpha value is -0.197. The maximum absolute atomic E-state index is 7.75. The van der Waals surface area contributed by atoms with Crippen LogP contribution >= 0.6 is 0 Å². The summed E-state index contributed by atoms with van der Waals surface area (Å²) >= 11 is 0. The van der Waals surface area contributed by atoms with Crippen molar-refractivity contribution < 1.29 is 29.1 Å². The normalized spacial score (nSPS) is 11.5. The van der Waals surface area contributed by atoms with Gasteiger partial charge >= 0.3 is 19.5 Å². The van der Waals surface area contributed by atoms with Gasteiger partial charge in [0.15, 0.2) is 0 Å². The molecule has 0 saturated heterocycles. The smallest absolute Gasteiger partial charge is 0.681 e. The molecular formula is C14H30N4O2Ru. The van der Waals surface area contributed by atoms with Crippen molar-refractivity contribution in [2.45, 2.75) is 66.0 Å². The molecular weight excluding hydrogens is 357 g/mol. The molecule has 0 heterocycles. The van der Waals surface area contributed by atoms with Gasteiger partial charge in [0, 0.05) is 0 Å². The minimum absolute atomic E-state index is 0. The predicted octanol–water partition coefficient (Wildman–Crippen LogP) is 3.69. The second-order valence-electron chi connectivity index (χ2n) is 4.27. The molecule has 0 aromatic heterocycles. The third-order valence-electron chi connectivity index (χ3n) is 1.78. The molecule has 0 aromatic carbocycles. The first-order valence-electron chi connectivity index (χ1n) is 6.38. The van der Waals surface area contributed by atoms with Gasteiger partial charge in [-0.25, -0.2) is 12.3 Å². The Bertz CT molecular complexity index is 157. The van der Waals surface area contributed by atoms with Crippen molar-refractivity contribution in [1.82, 2.24) is 0 Å². The van der Waals surface area contributed by atoms with Crippen molar-refractivity contribution in [3.05, 3.63) is 21.3 Å². The maximum atomic E-state index is 7.75. The van der Waals surface area contributed by atoms with Crippen molar-refractivity contribution in [3.63, 3.8) is 0 Å². The number of hydrogen-bond acceptors (Lipinski definition) is 2. The summed E-state index contributed by atoms with van der Waals surface area (Å²) in [6.07, 6.45) is 0.352. The molecule has 0 aliphatic heterocycles.